The zero-order valence-corrected chi connectivity index (χ0v) is 17.8. The lowest BCUT2D eigenvalue weighted by molar-refractivity contribution is -0.120. The number of hydrogen-bond acceptors (Lipinski definition) is 3. The van der Waals surface area contributed by atoms with Gasteiger partial charge in [0.1, 0.15) is 0 Å². The van der Waals surface area contributed by atoms with E-state index in [0.717, 1.165) is 30.5 Å². The molecule has 1 aliphatic carbocycles. The summed E-state index contributed by atoms with van der Waals surface area (Å²) in [7, 11) is 1.74. The Labute approximate surface area is 177 Å². The standard InChI is InChI=1S/C24H29N3O3/c1-4-22(28)27(3)19-14-12-18(13-15-19)25-24(30)20-6-5-7-21(20)26-23(29)17-10-8-16(2)9-11-17/h8-15,20-21H,4-7H2,1-3H3,(H,25,30)(H,26,29). The van der Waals surface area contributed by atoms with Crippen LogP contribution in [0.5, 0.6) is 0 Å². The molecule has 0 aliphatic heterocycles. The van der Waals surface area contributed by atoms with Gasteiger partial charge < -0.3 is 15.5 Å². The van der Waals surface area contributed by atoms with Gasteiger partial charge >= 0.3 is 0 Å². The van der Waals surface area contributed by atoms with Gasteiger partial charge in [0.2, 0.25) is 11.8 Å². The molecule has 6 heteroatoms. The van der Waals surface area contributed by atoms with Gasteiger partial charge in [-0.3, -0.25) is 14.4 Å². The number of carbonyl (C=O) groups excluding carboxylic acids is 3. The quantitative estimate of drug-likeness (QED) is 0.762. The van der Waals surface area contributed by atoms with Crippen molar-refractivity contribution in [1.29, 1.82) is 0 Å². The summed E-state index contributed by atoms with van der Waals surface area (Å²) in [5.41, 5.74) is 3.16. The van der Waals surface area contributed by atoms with E-state index in [1.165, 1.54) is 0 Å². The molecule has 2 N–H and O–H groups in total. The van der Waals surface area contributed by atoms with Crippen molar-refractivity contribution in [3.05, 3.63) is 59.7 Å². The third-order valence-electron chi connectivity index (χ3n) is 5.68. The molecule has 3 amide bonds. The van der Waals surface area contributed by atoms with E-state index >= 15 is 0 Å². The molecule has 2 atom stereocenters. The largest absolute Gasteiger partial charge is 0.349 e. The SMILES string of the molecule is CCC(=O)N(C)c1ccc(NC(=O)C2CCCC2NC(=O)c2ccc(C)cc2)cc1. The summed E-state index contributed by atoms with van der Waals surface area (Å²) in [4.78, 5) is 38.8. The second-order valence-electron chi connectivity index (χ2n) is 7.83. The van der Waals surface area contributed by atoms with E-state index in [2.05, 4.69) is 10.6 Å². The molecule has 3 rings (SSSR count). The lowest BCUT2D eigenvalue weighted by atomic mass is 10.0. The summed E-state index contributed by atoms with van der Waals surface area (Å²) in [6.45, 7) is 3.80. The fourth-order valence-corrected chi connectivity index (χ4v) is 3.79. The first-order valence-electron chi connectivity index (χ1n) is 10.4. The molecule has 30 heavy (non-hydrogen) atoms. The highest BCUT2D eigenvalue weighted by molar-refractivity contribution is 5.97. The van der Waals surface area contributed by atoms with Gasteiger partial charge in [-0.25, -0.2) is 0 Å². The molecular weight excluding hydrogens is 378 g/mol. The number of rotatable bonds is 6. The van der Waals surface area contributed by atoms with Crippen LogP contribution in [0.3, 0.4) is 0 Å². The first-order valence-corrected chi connectivity index (χ1v) is 10.4. The maximum Gasteiger partial charge on any atom is 0.251 e. The van der Waals surface area contributed by atoms with Gasteiger partial charge in [-0.15, -0.1) is 0 Å². The third-order valence-corrected chi connectivity index (χ3v) is 5.68. The Morgan fingerprint density at radius 3 is 2.30 bits per heavy atom. The minimum absolute atomic E-state index is 0.0323. The summed E-state index contributed by atoms with van der Waals surface area (Å²) in [5.74, 6) is -0.464. The van der Waals surface area contributed by atoms with Crippen LogP contribution in [0.25, 0.3) is 0 Å². The number of nitrogens with zero attached hydrogens (tertiary/aromatic N) is 1. The normalized spacial score (nSPS) is 18.0. The number of nitrogens with one attached hydrogen (secondary N) is 2. The Hall–Kier alpha value is -3.15. The van der Waals surface area contributed by atoms with Crippen molar-refractivity contribution in [3.8, 4) is 0 Å². The minimum atomic E-state index is -0.261. The highest BCUT2D eigenvalue weighted by atomic mass is 16.2. The van der Waals surface area contributed by atoms with E-state index in [1.54, 1.807) is 36.2 Å². The van der Waals surface area contributed by atoms with Crippen molar-refractivity contribution >= 4 is 29.1 Å². The van der Waals surface area contributed by atoms with E-state index in [9.17, 15) is 14.4 Å². The summed E-state index contributed by atoms with van der Waals surface area (Å²) < 4.78 is 0. The molecule has 6 nitrogen and oxygen atoms in total. The van der Waals surface area contributed by atoms with Crippen LogP contribution < -0.4 is 15.5 Å². The topological polar surface area (TPSA) is 78.5 Å². The average Bonchev–Trinajstić information content (AvgIpc) is 3.21. The van der Waals surface area contributed by atoms with E-state index in [1.807, 2.05) is 38.1 Å². The van der Waals surface area contributed by atoms with Gasteiger partial charge in [-0.05, 0) is 56.2 Å². The summed E-state index contributed by atoms with van der Waals surface area (Å²) in [6.07, 6.45) is 2.88. The van der Waals surface area contributed by atoms with Gasteiger partial charge in [0.15, 0.2) is 0 Å². The van der Waals surface area contributed by atoms with Crippen LogP contribution in [0.4, 0.5) is 11.4 Å². The van der Waals surface area contributed by atoms with Gasteiger partial charge in [0.25, 0.3) is 5.91 Å². The van der Waals surface area contributed by atoms with Gasteiger partial charge in [-0.1, -0.05) is 31.0 Å². The Bertz CT molecular complexity index is 906. The van der Waals surface area contributed by atoms with Gasteiger partial charge in [0, 0.05) is 36.4 Å². The second kappa shape index (κ2) is 9.57. The monoisotopic (exact) mass is 407 g/mol. The summed E-state index contributed by atoms with van der Waals surface area (Å²) in [5, 5.41) is 5.98. The highest BCUT2D eigenvalue weighted by Crippen LogP contribution is 2.28. The summed E-state index contributed by atoms with van der Waals surface area (Å²) >= 11 is 0. The average molecular weight is 408 g/mol. The Balaban J connectivity index is 1.61. The van der Waals surface area contributed by atoms with E-state index in [0.29, 0.717) is 17.7 Å². The van der Waals surface area contributed by atoms with Crippen molar-refractivity contribution in [2.24, 2.45) is 5.92 Å². The smallest absolute Gasteiger partial charge is 0.251 e. The molecule has 158 valence electrons. The number of anilines is 2. The lowest BCUT2D eigenvalue weighted by Gasteiger charge is -2.21. The molecule has 0 saturated heterocycles. The van der Waals surface area contributed by atoms with Crippen LogP contribution in [0.1, 0.15) is 48.5 Å². The molecule has 0 radical (unpaired) electrons. The zero-order valence-electron chi connectivity index (χ0n) is 17.8. The molecule has 0 heterocycles. The van der Waals surface area contributed by atoms with E-state index in [4.69, 9.17) is 0 Å². The first kappa shape index (κ1) is 21.6. The van der Waals surface area contributed by atoms with Crippen molar-refractivity contribution < 1.29 is 14.4 Å². The van der Waals surface area contributed by atoms with Crippen molar-refractivity contribution in [1.82, 2.24) is 5.32 Å². The summed E-state index contributed by atoms with van der Waals surface area (Å²) in [6, 6.07) is 14.5. The second-order valence-corrected chi connectivity index (χ2v) is 7.83. The zero-order chi connectivity index (χ0) is 21.7. The van der Waals surface area contributed by atoms with E-state index < -0.39 is 0 Å². The number of benzene rings is 2. The van der Waals surface area contributed by atoms with Crippen LogP contribution in [0.15, 0.2) is 48.5 Å². The van der Waals surface area contributed by atoms with Crippen LogP contribution >= 0.6 is 0 Å². The number of carbonyl (C=O) groups is 3. The van der Waals surface area contributed by atoms with Crippen LogP contribution in [-0.4, -0.2) is 30.8 Å². The Morgan fingerprint density at radius 1 is 1.00 bits per heavy atom. The molecule has 0 bridgehead atoms. The Kier molecular flexibility index (Phi) is 6.87. The molecule has 1 saturated carbocycles. The van der Waals surface area contributed by atoms with Crippen LogP contribution in [-0.2, 0) is 9.59 Å². The first-order chi connectivity index (χ1) is 14.4. The van der Waals surface area contributed by atoms with E-state index in [-0.39, 0.29) is 29.7 Å². The fraction of sp³-hybridized carbons (Fsp3) is 0.375. The molecule has 0 spiro atoms. The fourth-order valence-electron chi connectivity index (χ4n) is 3.79. The number of aryl methyl sites for hydroxylation is 1. The molecule has 1 aliphatic rings. The number of hydrogen-bond donors (Lipinski definition) is 2. The van der Waals surface area contributed by atoms with Crippen LogP contribution in [0, 0.1) is 12.8 Å². The van der Waals surface area contributed by atoms with Gasteiger partial charge in [0.05, 0.1) is 5.92 Å². The van der Waals surface area contributed by atoms with Crippen molar-refractivity contribution in [3.63, 3.8) is 0 Å². The van der Waals surface area contributed by atoms with Gasteiger partial charge in [-0.2, -0.15) is 0 Å². The lowest BCUT2D eigenvalue weighted by Crippen LogP contribution is -2.41. The van der Waals surface area contributed by atoms with Crippen molar-refractivity contribution in [2.45, 2.75) is 45.6 Å². The molecule has 2 aromatic carbocycles. The third kappa shape index (κ3) is 5.06. The predicted octanol–water partition coefficient (Wildman–Crippen LogP) is 3.91. The maximum atomic E-state index is 12.8. The van der Waals surface area contributed by atoms with Crippen LogP contribution in [0.2, 0.25) is 0 Å². The Morgan fingerprint density at radius 2 is 1.67 bits per heavy atom. The maximum absolute atomic E-state index is 12.8. The molecule has 0 aromatic heterocycles. The van der Waals surface area contributed by atoms with Crippen molar-refractivity contribution in [2.75, 3.05) is 17.3 Å². The molecule has 1 fully saturated rings. The predicted molar refractivity (Wildman–Crippen MR) is 119 cm³/mol. The minimum Gasteiger partial charge on any atom is -0.349 e. The number of amides is 3. The highest BCUT2D eigenvalue weighted by Gasteiger charge is 2.34. The molecule has 2 unspecified atom stereocenters. The molecular formula is C24H29N3O3. The molecule has 2 aromatic rings.